The van der Waals surface area contributed by atoms with Crippen LogP contribution < -0.4 is 10.2 Å². The number of aromatic nitrogens is 1. The van der Waals surface area contributed by atoms with Crippen molar-refractivity contribution in [1.29, 1.82) is 0 Å². The van der Waals surface area contributed by atoms with Gasteiger partial charge in [0.05, 0.1) is 0 Å². The molecule has 106 valence electrons. The number of rotatable bonds is 6. The first-order valence-corrected chi connectivity index (χ1v) is 7.14. The van der Waals surface area contributed by atoms with Crippen LogP contribution in [0, 0.1) is 0 Å². The maximum absolute atomic E-state index is 4.07. The number of para-hydroxylation sites is 1. The summed E-state index contributed by atoms with van der Waals surface area (Å²) in [5.41, 5.74) is 3.89. The van der Waals surface area contributed by atoms with Gasteiger partial charge in [-0.1, -0.05) is 25.1 Å². The van der Waals surface area contributed by atoms with E-state index in [-0.39, 0.29) is 0 Å². The molecule has 3 heteroatoms. The van der Waals surface area contributed by atoms with Crippen LogP contribution in [0.2, 0.25) is 0 Å². The van der Waals surface area contributed by atoms with Crippen LogP contribution in [0.1, 0.15) is 31.0 Å². The van der Waals surface area contributed by atoms with Gasteiger partial charge in [-0.05, 0) is 42.8 Å². The molecule has 0 aliphatic heterocycles. The second-order valence-electron chi connectivity index (χ2n) is 5.05. The maximum Gasteiger partial charge on any atom is 0.0427 e. The first kappa shape index (κ1) is 14.5. The Morgan fingerprint density at radius 3 is 2.55 bits per heavy atom. The SMILES string of the molecule is CCNC(C)c1ccccc1N(C)Cc1ccncc1. The van der Waals surface area contributed by atoms with Gasteiger partial charge < -0.3 is 10.2 Å². The monoisotopic (exact) mass is 269 g/mol. The van der Waals surface area contributed by atoms with Crippen molar-refractivity contribution in [2.45, 2.75) is 26.4 Å². The Balaban J connectivity index is 2.19. The highest BCUT2D eigenvalue weighted by atomic mass is 15.1. The van der Waals surface area contributed by atoms with E-state index in [1.807, 2.05) is 12.4 Å². The molecule has 20 heavy (non-hydrogen) atoms. The molecule has 0 fully saturated rings. The minimum absolute atomic E-state index is 0.357. The molecule has 1 N–H and O–H groups in total. The summed E-state index contributed by atoms with van der Waals surface area (Å²) in [6.45, 7) is 6.21. The molecule has 0 saturated carbocycles. The first-order chi connectivity index (χ1) is 9.72. The third kappa shape index (κ3) is 3.58. The number of hydrogen-bond acceptors (Lipinski definition) is 3. The third-order valence-electron chi connectivity index (χ3n) is 3.49. The van der Waals surface area contributed by atoms with E-state index in [4.69, 9.17) is 0 Å². The Morgan fingerprint density at radius 1 is 1.15 bits per heavy atom. The van der Waals surface area contributed by atoms with Gasteiger partial charge in [-0.3, -0.25) is 4.98 Å². The van der Waals surface area contributed by atoms with Crippen molar-refractivity contribution >= 4 is 5.69 Å². The lowest BCUT2D eigenvalue weighted by Crippen LogP contribution is -2.23. The molecule has 0 radical (unpaired) electrons. The van der Waals surface area contributed by atoms with E-state index in [9.17, 15) is 0 Å². The van der Waals surface area contributed by atoms with E-state index in [1.165, 1.54) is 16.8 Å². The summed E-state index contributed by atoms with van der Waals surface area (Å²) in [6.07, 6.45) is 3.69. The van der Waals surface area contributed by atoms with Gasteiger partial charge in [-0.2, -0.15) is 0 Å². The normalized spacial score (nSPS) is 12.2. The number of hydrogen-bond donors (Lipinski definition) is 1. The highest BCUT2D eigenvalue weighted by molar-refractivity contribution is 5.54. The molecule has 2 rings (SSSR count). The minimum atomic E-state index is 0.357. The summed E-state index contributed by atoms with van der Waals surface area (Å²) in [5, 5.41) is 3.48. The van der Waals surface area contributed by atoms with Gasteiger partial charge in [0.2, 0.25) is 0 Å². The Bertz CT molecular complexity index is 525. The maximum atomic E-state index is 4.07. The van der Waals surface area contributed by atoms with Crippen LogP contribution in [0.5, 0.6) is 0 Å². The van der Waals surface area contributed by atoms with Gasteiger partial charge in [0.25, 0.3) is 0 Å². The molecule has 1 aromatic heterocycles. The zero-order valence-corrected chi connectivity index (χ0v) is 12.5. The number of anilines is 1. The highest BCUT2D eigenvalue weighted by Gasteiger charge is 2.12. The van der Waals surface area contributed by atoms with E-state index in [0.29, 0.717) is 6.04 Å². The lowest BCUT2D eigenvalue weighted by Gasteiger charge is -2.25. The smallest absolute Gasteiger partial charge is 0.0427 e. The molecule has 1 heterocycles. The minimum Gasteiger partial charge on any atom is -0.370 e. The van der Waals surface area contributed by atoms with Gasteiger partial charge in [0.15, 0.2) is 0 Å². The molecule has 0 saturated heterocycles. The van der Waals surface area contributed by atoms with Crippen LogP contribution in [-0.2, 0) is 6.54 Å². The topological polar surface area (TPSA) is 28.2 Å². The molecule has 1 unspecified atom stereocenters. The van der Waals surface area contributed by atoms with Crippen molar-refractivity contribution in [3.05, 3.63) is 59.9 Å². The van der Waals surface area contributed by atoms with Crippen LogP contribution in [0.3, 0.4) is 0 Å². The molecule has 0 bridgehead atoms. The van der Waals surface area contributed by atoms with E-state index in [1.54, 1.807) is 0 Å². The molecule has 1 aromatic carbocycles. The average Bonchev–Trinajstić information content (AvgIpc) is 2.48. The third-order valence-corrected chi connectivity index (χ3v) is 3.49. The molecule has 2 aromatic rings. The summed E-state index contributed by atoms with van der Waals surface area (Å²) >= 11 is 0. The van der Waals surface area contributed by atoms with Crippen molar-refractivity contribution in [3.8, 4) is 0 Å². The van der Waals surface area contributed by atoms with Crippen LogP contribution >= 0.6 is 0 Å². The summed E-state index contributed by atoms with van der Waals surface area (Å²) in [4.78, 5) is 6.36. The van der Waals surface area contributed by atoms with Gasteiger partial charge in [-0.15, -0.1) is 0 Å². The lowest BCUT2D eigenvalue weighted by atomic mass is 10.0. The summed E-state index contributed by atoms with van der Waals surface area (Å²) < 4.78 is 0. The summed E-state index contributed by atoms with van der Waals surface area (Å²) in [5.74, 6) is 0. The summed E-state index contributed by atoms with van der Waals surface area (Å²) in [6, 6.07) is 13.1. The molecular formula is C17H23N3. The Morgan fingerprint density at radius 2 is 1.85 bits per heavy atom. The molecule has 0 aliphatic carbocycles. The van der Waals surface area contributed by atoms with E-state index < -0.39 is 0 Å². The van der Waals surface area contributed by atoms with Gasteiger partial charge in [0.1, 0.15) is 0 Å². The van der Waals surface area contributed by atoms with Gasteiger partial charge >= 0.3 is 0 Å². The second kappa shape index (κ2) is 7.06. The van der Waals surface area contributed by atoms with E-state index in [2.05, 4.69) is 72.5 Å². The first-order valence-electron chi connectivity index (χ1n) is 7.14. The Hall–Kier alpha value is -1.87. The van der Waals surface area contributed by atoms with E-state index in [0.717, 1.165) is 13.1 Å². The lowest BCUT2D eigenvalue weighted by molar-refractivity contribution is 0.597. The van der Waals surface area contributed by atoms with Crippen LogP contribution in [0.4, 0.5) is 5.69 Å². The van der Waals surface area contributed by atoms with Crippen molar-refractivity contribution < 1.29 is 0 Å². The Labute approximate surface area is 121 Å². The fourth-order valence-electron chi connectivity index (χ4n) is 2.46. The van der Waals surface area contributed by atoms with Crippen LogP contribution in [0.15, 0.2) is 48.8 Å². The molecule has 0 aliphatic rings. The molecule has 0 spiro atoms. The molecule has 1 atom stereocenters. The number of benzene rings is 1. The van der Waals surface area contributed by atoms with Crippen molar-refractivity contribution in [3.63, 3.8) is 0 Å². The number of nitrogens with one attached hydrogen (secondary N) is 1. The molecule has 3 nitrogen and oxygen atoms in total. The Kier molecular flexibility index (Phi) is 5.13. The zero-order chi connectivity index (χ0) is 14.4. The quantitative estimate of drug-likeness (QED) is 0.871. The standard InChI is InChI=1S/C17H23N3/c1-4-19-14(2)16-7-5-6-8-17(16)20(3)13-15-9-11-18-12-10-15/h5-12,14,19H,4,13H2,1-3H3. The molecule has 0 amide bonds. The van der Waals surface area contributed by atoms with E-state index >= 15 is 0 Å². The summed E-state index contributed by atoms with van der Waals surface area (Å²) in [7, 11) is 2.14. The second-order valence-corrected chi connectivity index (χ2v) is 5.05. The molecular weight excluding hydrogens is 246 g/mol. The average molecular weight is 269 g/mol. The largest absolute Gasteiger partial charge is 0.370 e. The van der Waals surface area contributed by atoms with Gasteiger partial charge in [-0.25, -0.2) is 0 Å². The van der Waals surface area contributed by atoms with Crippen LogP contribution in [0.25, 0.3) is 0 Å². The fourth-order valence-corrected chi connectivity index (χ4v) is 2.46. The van der Waals surface area contributed by atoms with Crippen molar-refractivity contribution in [1.82, 2.24) is 10.3 Å². The number of pyridine rings is 1. The van der Waals surface area contributed by atoms with Crippen molar-refractivity contribution in [2.24, 2.45) is 0 Å². The predicted octanol–water partition coefficient (Wildman–Crippen LogP) is 3.39. The predicted molar refractivity (Wildman–Crippen MR) is 84.9 cm³/mol. The van der Waals surface area contributed by atoms with Gasteiger partial charge in [0, 0.05) is 37.7 Å². The zero-order valence-electron chi connectivity index (χ0n) is 12.5. The fraction of sp³-hybridized carbons (Fsp3) is 0.353. The van der Waals surface area contributed by atoms with Crippen molar-refractivity contribution in [2.75, 3.05) is 18.5 Å². The van der Waals surface area contributed by atoms with Crippen LogP contribution in [-0.4, -0.2) is 18.6 Å². The highest BCUT2D eigenvalue weighted by Crippen LogP contribution is 2.26. The number of nitrogens with zero attached hydrogens (tertiary/aromatic N) is 2.